The molecule has 48 heavy (non-hydrogen) atoms. The first-order chi connectivity index (χ1) is 23.4. The highest BCUT2D eigenvalue weighted by atomic mass is 16.5. The molecule has 6 aromatic rings. The fourth-order valence-electron chi connectivity index (χ4n) is 5.96. The number of nitrogens with one attached hydrogen (secondary N) is 1. The molecule has 0 fully saturated rings. The number of para-hydroxylation sites is 1. The molecular formula is C41H38N2O5. The molecule has 7 heteroatoms. The molecule has 0 aliphatic carbocycles. The van der Waals surface area contributed by atoms with E-state index in [9.17, 15) is 9.90 Å². The van der Waals surface area contributed by atoms with Crippen LogP contribution >= 0.6 is 0 Å². The Morgan fingerprint density at radius 2 is 1.25 bits per heavy atom. The Labute approximate surface area is 280 Å². The van der Waals surface area contributed by atoms with Crippen LogP contribution in [0.25, 0.3) is 22.2 Å². The fourth-order valence-corrected chi connectivity index (χ4v) is 5.96. The second kappa shape index (κ2) is 14.5. The lowest BCUT2D eigenvalue weighted by Gasteiger charge is -2.37. The van der Waals surface area contributed by atoms with Crippen LogP contribution in [0.3, 0.4) is 0 Å². The number of ether oxygens (including phenoxy) is 3. The number of fused-ring (bicyclic) bond motifs is 1. The number of amides is 1. The number of benzene rings is 5. The molecule has 2 atom stereocenters. The van der Waals surface area contributed by atoms with Crippen molar-refractivity contribution in [3.63, 3.8) is 0 Å². The van der Waals surface area contributed by atoms with Gasteiger partial charge in [0.15, 0.2) is 0 Å². The van der Waals surface area contributed by atoms with Gasteiger partial charge in [-0.2, -0.15) is 0 Å². The summed E-state index contributed by atoms with van der Waals surface area (Å²) in [5.41, 5.74) is 4.22. The SMILES string of the molecule is COc1ccc(C(OC[C@H](NC(=O)c2cc(-c3ccccc3)nc3ccccc23)[C@@H](C)O)(c2ccccc2)c2ccc(OC)cc2)cc1. The second-order valence-electron chi connectivity index (χ2n) is 11.6. The number of rotatable bonds is 12. The molecule has 1 heterocycles. The van der Waals surface area contributed by atoms with Crippen molar-refractivity contribution in [3.8, 4) is 22.8 Å². The Morgan fingerprint density at radius 1 is 0.729 bits per heavy atom. The lowest BCUT2D eigenvalue weighted by Crippen LogP contribution is -2.47. The number of methoxy groups -OCH3 is 2. The predicted molar refractivity (Wildman–Crippen MR) is 188 cm³/mol. The van der Waals surface area contributed by atoms with E-state index in [1.807, 2.05) is 133 Å². The van der Waals surface area contributed by atoms with Gasteiger partial charge in [-0.25, -0.2) is 4.98 Å². The highest BCUT2D eigenvalue weighted by Crippen LogP contribution is 2.42. The van der Waals surface area contributed by atoms with Crippen LogP contribution in [0.1, 0.15) is 34.0 Å². The van der Waals surface area contributed by atoms with Crippen LogP contribution in [-0.2, 0) is 10.3 Å². The summed E-state index contributed by atoms with van der Waals surface area (Å²) < 4.78 is 17.9. The highest BCUT2D eigenvalue weighted by molar-refractivity contribution is 6.07. The Morgan fingerprint density at radius 3 is 1.81 bits per heavy atom. The lowest BCUT2D eigenvalue weighted by atomic mass is 9.80. The Balaban J connectivity index is 1.39. The van der Waals surface area contributed by atoms with Gasteiger partial charge < -0.3 is 24.6 Å². The van der Waals surface area contributed by atoms with E-state index in [1.54, 1.807) is 27.2 Å². The standard InChI is InChI=1S/C41H38N2O5/c1-28(44)39(43-40(45)36-26-38(29-12-6-4-7-13-29)42-37-17-11-10-16-35(36)37)27-48-41(30-14-8-5-9-15-30,31-18-22-33(46-2)23-19-31)32-20-24-34(47-3)25-21-32/h4-26,28,39,44H,27H2,1-3H3,(H,43,45)/t28-,39+/m1/s1. The topological polar surface area (TPSA) is 89.9 Å². The lowest BCUT2D eigenvalue weighted by molar-refractivity contribution is -0.0197. The first kappa shape index (κ1) is 32.4. The van der Waals surface area contributed by atoms with Gasteiger partial charge in [-0.1, -0.05) is 103 Å². The average Bonchev–Trinajstić information content (AvgIpc) is 3.15. The minimum absolute atomic E-state index is 0.00901. The van der Waals surface area contributed by atoms with Gasteiger partial charge in [0.1, 0.15) is 17.1 Å². The zero-order valence-corrected chi connectivity index (χ0v) is 27.2. The summed E-state index contributed by atoms with van der Waals surface area (Å²) in [7, 11) is 3.26. The molecule has 6 rings (SSSR count). The van der Waals surface area contributed by atoms with Gasteiger partial charge in [0, 0.05) is 10.9 Å². The van der Waals surface area contributed by atoms with Gasteiger partial charge in [-0.15, -0.1) is 0 Å². The Kier molecular flexibility index (Phi) is 9.80. The normalized spacial score (nSPS) is 12.7. The van der Waals surface area contributed by atoms with Crippen molar-refractivity contribution in [2.24, 2.45) is 0 Å². The molecule has 0 aliphatic heterocycles. The number of pyridine rings is 1. The van der Waals surface area contributed by atoms with Crippen molar-refractivity contribution in [1.82, 2.24) is 10.3 Å². The molecule has 0 spiro atoms. The number of nitrogens with zero attached hydrogens (tertiary/aromatic N) is 1. The second-order valence-corrected chi connectivity index (χ2v) is 11.6. The fraction of sp³-hybridized carbons (Fsp3) is 0.171. The number of aliphatic hydroxyl groups is 1. The number of hydrogen-bond donors (Lipinski definition) is 2. The molecule has 5 aromatic carbocycles. The molecule has 242 valence electrons. The maximum Gasteiger partial charge on any atom is 0.252 e. The third-order valence-corrected chi connectivity index (χ3v) is 8.58. The third-order valence-electron chi connectivity index (χ3n) is 8.58. The molecule has 0 bridgehead atoms. The van der Waals surface area contributed by atoms with E-state index in [0.29, 0.717) is 28.3 Å². The molecule has 0 saturated heterocycles. The zero-order chi connectivity index (χ0) is 33.5. The van der Waals surface area contributed by atoms with Gasteiger partial charge in [0.25, 0.3) is 5.91 Å². The summed E-state index contributed by atoms with van der Waals surface area (Å²) in [6.45, 7) is 1.64. The van der Waals surface area contributed by atoms with E-state index >= 15 is 0 Å². The molecule has 1 aromatic heterocycles. The number of aromatic nitrogens is 1. The van der Waals surface area contributed by atoms with Crippen molar-refractivity contribution >= 4 is 16.8 Å². The van der Waals surface area contributed by atoms with Crippen LogP contribution < -0.4 is 14.8 Å². The summed E-state index contributed by atoms with van der Waals surface area (Å²) in [5.74, 6) is 1.09. The van der Waals surface area contributed by atoms with Crippen LogP contribution in [0.4, 0.5) is 0 Å². The number of carbonyl (C=O) groups is 1. The summed E-state index contributed by atoms with van der Waals surface area (Å²) in [6.07, 6.45) is -0.934. The number of carbonyl (C=O) groups excluding carboxylic acids is 1. The number of aliphatic hydroxyl groups excluding tert-OH is 1. The Hall–Kier alpha value is -5.50. The molecular weight excluding hydrogens is 600 g/mol. The van der Waals surface area contributed by atoms with E-state index in [1.165, 1.54) is 0 Å². The summed E-state index contributed by atoms with van der Waals surface area (Å²) in [4.78, 5) is 18.9. The molecule has 0 aliphatic rings. The van der Waals surface area contributed by atoms with Crippen molar-refractivity contribution in [2.75, 3.05) is 20.8 Å². The van der Waals surface area contributed by atoms with Crippen molar-refractivity contribution < 1.29 is 24.1 Å². The van der Waals surface area contributed by atoms with Gasteiger partial charge in [-0.05, 0) is 60.0 Å². The predicted octanol–water partition coefficient (Wildman–Crippen LogP) is 7.41. The smallest absolute Gasteiger partial charge is 0.252 e. The van der Waals surface area contributed by atoms with Crippen molar-refractivity contribution in [3.05, 3.63) is 162 Å². The minimum Gasteiger partial charge on any atom is -0.497 e. The van der Waals surface area contributed by atoms with Crippen LogP contribution in [-0.4, -0.2) is 49.0 Å². The molecule has 2 N–H and O–H groups in total. The van der Waals surface area contributed by atoms with Crippen LogP contribution in [0.5, 0.6) is 11.5 Å². The van der Waals surface area contributed by atoms with Gasteiger partial charge in [0.2, 0.25) is 0 Å². The maximum atomic E-state index is 14.1. The molecule has 0 radical (unpaired) electrons. The van der Waals surface area contributed by atoms with Crippen molar-refractivity contribution in [1.29, 1.82) is 0 Å². The zero-order valence-electron chi connectivity index (χ0n) is 27.2. The third kappa shape index (κ3) is 6.65. The molecule has 7 nitrogen and oxygen atoms in total. The van der Waals surface area contributed by atoms with Crippen molar-refractivity contribution in [2.45, 2.75) is 24.7 Å². The van der Waals surface area contributed by atoms with E-state index in [2.05, 4.69) is 5.32 Å². The quantitative estimate of drug-likeness (QED) is 0.136. The van der Waals surface area contributed by atoms with E-state index in [4.69, 9.17) is 19.2 Å². The Bertz CT molecular complexity index is 1910. The first-order valence-electron chi connectivity index (χ1n) is 15.9. The van der Waals surface area contributed by atoms with Crippen LogP contribution in [0, 0.1) is 0 Å². The summed E-state index contributed by atoms with van der Waals surface area (Å²) in [6, 6.07) is 43.7. The largest absolute Gasteiger partial charge is 0.497 e. The van der Waals surface area contributed by atoms with E-state index in [-0.39, 0.29) is 12.5 Å². The van der Waals surface area contributed by atoms with E-state index < -0.39 is 17.7 Å². The maximum absolute atomic E-state index is 14.1. The minimum atomic E-state index is -1.11. The van der Waals surface area contributed by atoms with Crippen LogP contribution in [0.2, 0.25) is 0 Å². The van der Waals surface area contributed by atoms with Crippen LogP contribution in [0.15, 0.2) is 140 Å². The van der Waals surface area contributed by atoms with Gasteiger partial charge in [-0.3, -0.25) is 4.79 Å². The summed E-state index contributed by atoms with van der Waals surface area (Å²) in [5, 5.41) is 14.9. The molecule has 1 amide bonds. The highest BCUT2D eigenvalue weighted by Gasteiger charge is 2.39. The van der Waals surface area contributed by atoms with E-state index in [0.717, 1.165) is 27.6 Å². The average molecular weight is 639 g/mol. The molecule has 0 saturated carbocycles. The molecule has 0 unspecified atom stereocenters. The summed E-state index contributed by atoms with van der Waals surface area (Å²) >= 11 is 0. The monoisotopic (exact) mass is 638 g/mol. The van der Waals surface area contributed by atoms with Gasteiger partial charge >= 0.3 is 0 Å². The number of hydrogen-bond acceptors (Lipinski definition) is 6. The first-order valence-corrected chi connectivity index (χ1v) is 15.9. The van der Waals surface area contributed by atoms with Gasteiger partial charge in [0.05, 0.1) is 49.7 Å².